The van der Waals surface area contributed by atoms with Crippen LogP contribution in [0.4, 0.5) is 33.3 Å². The zero-order valence-electron chi connectivity index (χ0n) is 13.6. The van der Waals surface area contributed by atoms with Crippen molar-refractivity contribution in [3.8, 4) is 0 Å². The quantitative estimate of drug-likeness (QED) is 0.762. The normalized spacial score (nSPS) is 16.2. The van der Waals surface area contributed by atoms with Gasteiger partial charge in [0, 0.05) is 5.56 Å². The summed E-state index contributed by atoms with van der Waals surface area (Å²) in [5.41, 5.74) is 3.66. The minimum absolute atomic E-state index is 0. The van der Waals surface area contributed by atoms with Crippen LogP contribution < -0.4 is 15.6 Å². The summed E-state index contributed by atoms with van der Waals surface area (Å²) >= 11 is 0. The minimum Gasteiger partial charge on any atom is -0.492 e. The highest BCUT2D eigenvalue weighted by molar-refractivity contribution is 5.66. The molecule has 10 heteroatoms. The van der Waals surface area contributed by atoms with Crippen molar-refractivity contribution >= 4 is 11.4 Å². The third-order valence-corrected chi connectivity index (χ3v) is 4.33. The van der Waals surface area contributed by atoms with Crippen molar-refractivity contribution in [2.75, 3.05) is 10.0 Å². The lowest BCUT2D eigenvalue weighted by molar-refractivity contribution is -0.137. The van der Waals surface area contributed by atoms with Gasteiger partial charge in [-0.25, -0.2) is 18.8 Å². The van der Waals surface area contributed by atoms with E-state index in [4.69, 9.17) is 0 Å². The standard InChI is InChI=1S/C17H11F5N3O.H2O/c18-12-6-7-13(19)15-11(12)5-8-14-16(26)24(23-25(14)15)10-3-1-9(2-4-10)17(20,21)22;/h1-4,6-7,26H,5,8H2;1H2. The summed E-state index contributed by atoms with van der Waals surface area (Å²) in [4.78, 5) is 0. The van der Waals surface area contributed by atoms with Crippen LogP contribution in [0.5, 0.6) is 0 Å². The first-order valence-corrected chi connectivity index (χ1v) is 7.65. The molecule has 0 saturated carbocycles. The van der Waals surface area contributed by atoms with E-state index in [9.17, 15) is 27.1 Å². The predicted molar refractivity (Wildman–Crippen MR) is 86.5 cm³/mol. The highest BCUT2D eigenvalue weighted by Crippen LogP contribution is 2.41. The molecule has 0 fully saturated rings. The van der Waals surface area contributed by atoms with E-state index in [1.165, 1.54) is 0 Å². The van der Waals surface area contributed by atoms with Gasteiger partial charge in [0.15, 0.2) is 0 Å². The first kappa shape index (κ1) is 18.9. The number of aliphatic hydroxyl groups excluding tert-OH is 1. The van der Waals surface area contributed by atoms with Gasteiger partial charge < -0.3 is 10.6 Å². The fraction of sp³-hybridized carbons (Fsp3) is 0.176. The number of fused-ring (bicyclic) bond motifs is 3. The number of rotatable bonds is 1. The smallest absolute Gasteiger partial charge is 0.416 e. The minimum atomic E-state index is -4.49. The van der Waals surface area contributed by atoms with E-state index in [0.29, 0.717) is 0 Å². The van der Waals surface area contributed by atoms with Crippen LogP contribution in [-0.2, 0) is 12.6 Å². The Balaban J connectivity index is 0.00000210. The number of nitrogens with zero attached hydrogens (tertiary/aromatic N) is 3. The van der Waals surface area contributed by atoms with Crippen molar-refractivity contribution in [1.82, 2.24) is 5.53 Å². The van der Waals surface area contributed by atoms with Crippen LogP contribution in [0, 0.1) is 11.6 Å². The van der Waals surface area contributed by atoms with Crippen LogP contribution >= 0.6 is 0 Å². The second-order valence-electron chi connectivity index (χ2n) is 5.88. The Morgan fingerprint density at radius 2 is 1.52 bits per heavy atom. The summed E-state index contributed by atoms with van der Waals surface area (Å²) in [6.07, 6.45) is -4.11. The molecule has 0 aliphatic carbocycles. The molecule has 0 saturated heterocycles. The third kappa shape index (κ3) is 2.96. The highest BCUT2D eigenvalue weighted by atomic mass is 19.4. The van der Waals surface area contributed by atoms with E-state index in [2.05, 4.69) is 5.53 Å². The molecule has 2 aliphatic heterocycles. The fourth-order valence-corrected chi connectivity index (χ4v) is 3.06. The number of allylic oxidation sites excluding steroid dienone is 1. The third-order valence-electron chi connectivity index (χ3n) is 4.33. The molecule has 5 nitrogen and oxygen atoms in total. The number of hydrogen-bond acceptors (Lipinski definition) is 3. The van der Waals surface area contributed by atoms with Gasteiger partial charge >= 0.3 is 6.18 Å². The molecule has 2 aromatic carbocycles. The van der Waals surface area contributed by atoms with Gasteiger partial charge in [0.05, 0.1) is 11.3 Å². The van der Waals surface area contributed by atoms with Crippen molar-refractivity contribution in [2.24, 2.45) is 0 Å². The Bertz CT molecular complexity index is 912. The first-order chi connectivity index (χ1) is 12.3. The molecular weight excluding hydrogens is 373 g/mol. The molecule has 0 spiro atoms. The average molecular weight is 386 g/mol. The average Bonchev–Trinajstić information content (AvgIpc) is 2.94. The summed E-state index contributed by atoms with van der Waals surface area (Å²) in [6.45, 7) is 0. The SMILES string of the molecule is O.OC1=C2CCc3c(F)ccc(F)c3N2[N]N1c1ccc(C(F)(F)F)cc1. The van der Waals surface area contributed by atoms with E-state index in [1.54, 1.807) is 0 Å². The number of halogens is 5. The molecule has 2 heterocycles. The van der Waals surface area contributed by atoms with Gasteiger partial charge in [0.2, 0.25) is 5.88 Å². The molecule has 1 radical (unpaired) electrons. The predicted octanol–water partition coefficient (Wildman–Crippen LogP) is 3.59. The van der Waals surface area contributed by atoms with Gasteiger partial charge in [-0.2, -0.15) is 13.2 Å². The van der Waals surface area contributed by atoms with Crippen molar-refractivity contribution < 1.29 is 32.5 Å². The van der Waals surface area contributed by atoms with E-state index in [0.717, 1.165) is 46.4 Å². The maximum atomic E-state index is 14.2. The molecule has 2 aliphatic rings. The van der Waals surface area contributed by atoms with E-state index < -0.39 is 23.4 Å². The van der Waals surface area contributed by atoms with Gasteiger partial charge in [0.25, 0.3) is 0 Å². The van der Waals surface area contributed by atoms with Crippen LogP contribution in [-0.4, -0.2) is 10.6 Å². The number of benzene rings is 2. The monoisotopic (exact) mass is 386 g/mol. The van der Waals surface area contributed by atoms with Gasteiger partial charge in [-0.15, -0.1) is 0 Å². The number of anilines is 2. The summed E-state index contributed by atoms with van der Waals surface area (Å²) in [5.74, 6) is -1.62. The zero-order chi connectivity index (χ0) is 18.6. The number of aliphatic hydroxyl groups is 1. The molecule has 0 unspecified atom stereocenters. The molecule has 0 atom stereocenters. The largest absolute Gasteiger partial charge is 0.492 e. The Kier molecular flexibility index (Phi) is 4.48. The Hall–Kier alpha value is -2.85. The molecule has 2 aromatic rings. The first-order valence-electron chi connectivity index (χ1n) is 7.65. The number of alkyl halides is 3. The van der Waals surface area contributed by atoms with Crippen molar-refractivity contribution in [3.63, 3.8) is 0 Å². The van der Waals surface area contributed by atoms with Crippen LogP contribution in [0.1, 0.15) is 17.5 Å². The Morgan fingerprint density at radius 1 is 0.889 bits per heavy atom. The number of hydrogen-bond donors (Lipinski definition) is 1. The van der Waals surface area contributed by atoms with Gasteiger partial charge in [0.1, 0.15) is 23.0 Å². The van der Waals surface area contributed by atoms with Crippen molar-refractivity contribution in [3.05, 3.63) is 70.7 Å². The second kappa shape index (κ2) is 6.39. The second-order valence-corrected chi connectivity index (χ2v) is 5.88. The molecule has 3 N–H and O–H groups in total. The van der Waals surface area contributed by atoms with Gasteiger partial charge in [-0.1, -0.05) is 0 Å². The fourth-order valence-electron chi connectivity index (χ4n) is 3.06. The Morgan fingerprint density at radius 3 is 2.15 bits per heavy atom. The van der Waals surface area contributed by atoms with Crippen molar-refractivity contribution in [2.45, 2.75) is 19.0 Å². The molecular formula is C17H13F5N3O2. The summed E-state index contributed by atoms with van der Waals surface area (Å²) in [6, 6.07) is 5.98. The van der Waals surface area contributed by atoms with Crippen LogP contribution in [0.15, 0.2) is 48.0 Å². The maximum Gasteiger partial charge on any atom is 0.416 e. The molecule has 143 valence electrons. The van der Waals surface area contributed by atoms with Crippen molar-refractivity contribution in [1.29, 1.82) is 0 Å². The van der Waals surface area contributed by atoms with Gasteiger partial charge in [-0.05, 0) is 54.8 Å². The molecule has 27 heavy (non-hydrogen) atoms. The maximum absolute atomic E-state index is 14.2. The van der Waals surface area contributed by atoms with Crippen LogP contribution in [0.2, 0.25) is 0 Å². The van der Waals surface area contributed by atoms with Crippen LogP contribution in [0.3, 0.4) is 0 Å². The molecule has 0 amide bonds. The zero-order valence-corrected chi connectivity index (χ0v) is 13.6. The van der Waals surface area contributed by atoms with Gasteiger partial charge in [-0.3, -0.25) is 0 Å². The van der Waals surface area contributed by atoms with E-state index in [1.807, 2.05) is 0 Å². The van der Waals surface area contributed by atoms with Crippen LogP contribution in [0.25, 0.3) is 0 Å². The summed E-state index contributed by atoms with van der Waals surface area (Å²) in [5, 5.41) is 12.5. The summed E-state index contributed by atoms with van der Waals surface area (Å²) in [7, 11) is 0. The highest BCUT2D eigenvalue weighted by Gasteiger charge is 2.39. The van der Waals surface area contributed by atoms with E-state index in [-0.39, 0.29) is 46.8 Å². The lowest BCUT2D eigenvalue weighted by Gasteiger charge is -2.27. The molecule has 4 rings (SSSR count). The Labute approximate surface area is 150 Å². The van der Waals surface area contributed by atoms with E-state index >= 15 is 0 Å². The lowest BCUT2D eigenvalue weighted by atomic mass is 10.00. The molecule has 0 aromatic heterocycles. The molecule has 0 bridgehead atoms. The topological polar surface area (TPSA) is 72.3 Å². The summed E-state index contributed by atoms with van der Waals surface area (Å²) < 4.78 is 66.2. The lowest BCUT2D eigenvalue weighted by Crippen LogP contribution is -2.37.